The molecule has 1 aromatic carbocycles. The zero-order valence-corrected chi connectivity index (χ0v) is 22.2. The SMILES string of the molecule is COCCN(CCOC)C(=O)NCCc1ccc(N2CC(=O)NS2(=O)=O)c(O)c1.O=C(O)N1CCOCC1. The average Bonchev–Trinajstić information content (AvgIpc) is 3.16. The van der Waals surface area contributed by atoms with Crippen molar-refractivity contribution in [1.29, 1.82) is 0 Å². The molecule has 0 aromatic heterocycles. The van der Waals surface area contributed by atoms with Crippen LogP contribution in [0.5, 0.6) is 5.75 Å². The topological polar surface area (TPSA) is 187 Å². The monoisotopic (exact) mass is 561 g/mol. The highest BCUT2D eigenvalue weighted by atomic mass is 32.2. The third-order valence-corrected chi connectivity index (χ3v) is 6.91. The summed E-state index contributed by atoms with van der Waals surface area (Å²) in [6.45, 7) is 3.69. The maximum Gasteiger partial charge on any atom is 0.407 e. The number of benzene rings is 1. The molecule has 2 saturated heterocycles. The molecule has 214 valence electrons. The number of urea groups is 1. The van der Waals surface area contributed by atoms with Crippen LogP contribution in [0.2, 0.25) is 0 Å². The average molecular weight is 562 g/mol. The fourth-order valence-electron chi connectivity index (χ4n) is 3.49. The summed E-state index contributed by atoms with van der Waals surface area (Å²) in [4.78, 5) is 36.8. The Balaban J connectivity index is 0.000000474. The second-order valence-corrected chi connectivity index (χ2v) is 9.79. The van der Waals surface area contributed by atoms with Crippen molar-refractivity contribution in [2.45, 2.75) is 6.42 Å². The Morgan fingerprint density at radius 3 is 2.26 bits per heavy atom. The van der Waals surface area contributed by atoms with Gasteiger partial charge in [0.05, 0.1) is 32.1 Å². The summed E-state index contributed by atoms with van der Waals surface area (Å²) in [6.07, 6.45) is -0.426. The fourth-order valence-corrected chi connectivity index (χ4v) is 4.66. The maximum atomic E-state index is 12.3. The Labute approximate surface area is 221 Å². The largest absolute Gasteiger partial charge is 0.506 e. The van der Waals surface area contributed by atoms with E-state index in [4.69, 9.17) is 19.3 Å². The normalized spacial score (nSPS) is 16.3. The van der Waals surface area contributed by atoms with Crippen LogP contribution in [0.1, 0.15) is 5.56 Å². The minimum Gasteiger partial charge on any atom is -0.506 e. The number of morpholine rings is 1. The molecule has 0 spiro atoms. The first-order valence-corrected chi connectivity index (χ1v) is 13.2. The summed E-state index contributed by atoms with van der Waals surface area (Å²) in [5, 5.41) is 21.4. The number of nitrogens with one attached hydrogen (secondary N) is 2. The Morgan fingerprint density at radius 1 is 1.16 bits per heavy atom. The van der Waals surface area contributed by atoms with Crippen LogP contribution in [0.15, 0.2) is 18.2 Å². The van der Waals surface area contributed by atoms with Gasteiger partial charge in [0, 0.05) is 46.9 Å². The number of nitrogens with zero attached hydrogens (tertiary/aromatic N) is 3. The van der Waals surface area contributed by atoms with Gasteiger partial charge in [-0.1, -0.05) is 6.07 Å². The highest BCUT2D eigenvalue weighted by Crippen LogP contribution is 2.31. The van der Waals surface area contributed by atoms with E-state index in [-0.39, 0.29) is 24.0 Å². The second-order valence-electron chi connectivity index (χ2n) is 8.20. The van der Waals surface area contributed by atoms with E-state index in [2.05, 4.69) is 5.32 Å². The molecule has 38 heavy (non-hydrogen) atoms. The Hall–Kier alpha value is -3.34. The molecular formula is C22H35N5O10S. The quantitative estimate of drug-likeness (QED) is 0.288. The van der Waals surface area contributed by atoms with Crippen LogP contribution in [0.3, 0.4) is 0 Å². The number of methoxy groups -OCH3 is 2. The molecule has 0 saturated carbocycles. The van der Waals surface area contributed by atoms with Crippen molar-refractivity contribution >= 4 is 33.9 Å². The van der Waals surface area contributed by atoms with Gasteiger partial charge in [0.15, 0.2) is 0 Å². The number of carbonyl (C=O) groups is 3. The number of amides is 4. The molecule has 2 heterocycles. The summed E-state index contributed by atoms with van der Waals surface area (Å²) in [5.41, 5.74) is 0.712. The number of hydrogen-bond acceptors (Lipinski definition) is 9. The van der Waals surface area contributed by atoms with Crippen molar-refractivity contribution in [1.82, 2.24) is 19.8 Å². The van der Waals surface area contributed by atoms with Gasteiger partial charge in [0.25, 0.3) is 5.91 Å². The van der Waals surface area contributed by atoms with Gasteiger partial charge >= 0.3 is 22.3 Å². The van der Waals surface area contributed by atoms with Gasteiger partial charge in [-0.25, -0.2) is 18.6 Å². The lowest BCUT2D eigenvalue weighted by Gasteiger charge is -2.23. The molecule has 4 amide bonds. The Morgan fingerprint density at radius 2 is 1.79 bits per heavy atom. The van der Waals surface area contributed by atoms with Gasteiger partial charge in [-0.3, -0.25) is 4.79 Å². The van der Waals surface area contributed by atoms with E-state index in [1.807, 2.05) is 4.72 Å². The molecule has 0 bridgehead atoms. The first kappa shape index (κ1) is 30.9. The lowest BCUT2D eigenvalue weighted by atomic mass is 10.1. The Kier molecular flexibility index (Phi) is 12.3. The molecule has 15 nitrogen and oxygen atoms in total. The molecule has 1 aromatic rings. The van der Waals surface area contributed by atoms with Gasteiger partial charge in [-0.15, -0.1) is 0 Å². The van der Waals surface area contributed by atoms with Gasteiger partial charge < -0.3 is 39.5 Å². The van der Waals surface area contributed by atoms with E-state index in [9.17, 15) is 27.9 Å². The predicted molar refractivity (Wildman–Crippen MR) is 135 cm³/mol. The number of aromatic hydroxyl groups is 1. The minimum atomic E-state index is -3.99. The molecule has 2 aliphatic heterocycles. The molecule has 2 fully saturated rings. The van der Waals surface area contributed by atoms with Crippen molar-refractivity contribution in [3.8, 4) is 5.75 Å². The predicted octanol–water partition coefficient (Wildman–Crippen LogP) is -0.583. The zero-order valence-electron chi connectivity index (χ0n) is 21.4. The molecule has 0 unspecified atom stereocenters. The summed E-state index contributed by atoms with van der Waals surface area (Å²) >= 11 is 0. The summed E-state index contributed by atoms with van der Waals surface area (Å²) in [7, 11) is -0.872. The number of rotatable bonds is 10. The van der Waals surface area contributed by atoms with Crippen molar-refractivity contribution in [2.24, 2.45) is 0 Å². The third kappa shape index (κ3) is 9.51. The highest BCUT2D eigenvalue weighted by molar-refractivity contribution is 7.92. The van der Waals surface area contributed by atoms with Crippen LogP contribution in [-0.4, -0.2) is 126 Å². The van der Waals surface area contributed by atoms with Crippen molar-refractivity contribution in [2.75, 3.05) is 84.2 Å². The van der Waals surface area contributed by atoms with Gasteiger partial charge in [0.1, 0.15) is 12.3 Å². The first-order chi connectivity index (χ1) is 18.1. The van der Waals surface area contributed by atoms with Crippen LogP contribution in [-0.2, 0) is 35.6 Å². The van der Waals surface area contributed by atoms with E-state index in [0.717, 1.165) is 4.31 Å². The van der Waals surface area contributed by atoms with Crippen LogP contribution >= 0.6 is 0 Å². The Bertz CT molecular complexity index is 1040. The lowest BCUT2D eigenvalue weighted by molar-refractivity contribution is -0.117. The minimum absolute atomic E-state index is 0.0152. The van der Waals surface area contributed by atoms with E-state index in [1.54, 1.807) is 25.2 Å². The standard InChI is InChI=1S/C17H26N4O7S.C5H9NO3/c1-27-9-7-20(8-10-28-2)17(24)18-6-5-13-3-4-14(15(22)11-13)21-12-16(23)19-29(21,25)26;7-5(8)6-1-3-9-4-2-6/h3-4,11,22H,5-10,12H2,1-2H3,(H,18,24)(H,19,23);1-4H2,(H,7,8). The van der Waals surface area contributed by atoms with Gasteiger partial charge in [-0.2, -0.15) is 8.42 Å². The van der Waals surface area contributed by atoms with Crippen molar-refractivity contribution < 1.29 is 47.2 Å². The molecular weight excluding hydrogens is 526 g/mol. The van der Waals surface area contributed by atoms with Gasteiger partial charge in [0.2, 0.25) is 0 Å². The number of hydrogen-bond donors (Lipinski definition) is 4. The first-order valence-electron chi connectivity index (χ1n) is 11.8. The molecule has 0 atom stereocenters. The number of ether oxygens (including phenoxy) is 3. The number of carboxylic acid groups (broad SMARTS) is 1. The maximum absolute atomic E-state index is 12.3. The highest BCUT2D eigenvalue weighted by Gasteiger charge is 2.35. The molecule has 16 heteroatoms. The lowest BCUT2D eigenvalue weighted by Crippen LogP contribution is -2.43. The van der Waals surface area contributed by atoms with Crippen LogP contribution < -0.4 is 14.3 Å². The van der Waals surface area contributed by atoms with E-state index in [0.29, 0.717) is 71.1 Å². The second kappa shape index (κ2) is 15.2. The number of phenols is 1. The number of phenolic OH excluding ortho intramolecular Hbond substituents is 1. The van der Waals surface area contributed by atoms with E-state index < -0.39 is 22.2 Å². The zero-order chi connectivity index (χ0) is 28.1. The molecule has 4 N–H and O–H groups in total. The van der Waals surface area contributed by atoms with Crippen molar-refractivity contribution in [3.05, 3.63) is 23.8 Å². The number of anilines is 1. The van der Waals surface area contributed by atoms with Crippen LogP contribution in [0, 0.1) is 0 Å². The van der Waals surface area contributed by atoms with Crippen molar-refractivity contribution in [3.63, 3.8) is 0 Å². The molecule has 0 radical (unpaired) electrons. The summed E-state index contributed by atoms with van der Waals surface area (Å²) in [6, 6.07) is 4.21. The molecule has 3 rings (SSSR count). The van der Waals surface area contributed by atoms with Crippen LogP contribution in [0.25, 0.3) is 0 Å². The third-order valence-electron chi connectivity index (χ3n) is 5.52. The molecule has 0 aliphatic carbocycles. The van der Waals surface area contributed by atoms with E-state index >= 15 is 0 Å². The van der Waals surface area contributed by atoms with E-state index in [1.165, 1.54) is 17.0 Å². The van der Waals surface area contributed by atoms with Crippen LogP contribution in [0.4, 0.5) is 15.3 Å². The number of carbonyl (C=O) groups excluding carboxylic acids is 2. The van der Waals surface area contributed by atoms with Gasteiger partial charge in [-0.05, 0) is 24.1 Å². The molecule has 2 aliphatic rings. The smallest absolute Gasteiger partial charge is 0.407 e. The summed E-state index contributed by atoms with van der Waals surface area (Å²) in [5.74, 6) is -0.932. The fraction of sp³-hybridized carbons (Fsp3) is 0.591. The summed E-state index contributed by atoms with van der Waals surface area (Å²) < 4.78 is 41.4.